The third-order valence-electron chi connectivity index (χ3n) is 30.5. The summed E-state index contributed by atoms with van der Waals surface area (Å²) in [6.45, 7) is 10.2. The minimum Gasteiger partial charge on any atom is -0.455 e. The van der Waals surface area contributed by atoms with E-state index in [0.717, 1.165) is 143 Å². The Morgan fingerprint density at radius 3 is 0.626 bits per heavy atom. The molecule has 0 atom stereocenters. The number of benzene rings is 27. The predicted octanol–water partition coefficient (Wildman–Crippen LogP) is 40.4. The van der Waals surface area contributed by atoms with E-state index in [2.05, 4.69) is 442 Å². The first kappa shape index (κ1) is 85.3. The van der Waals surface area contributed by atoms with E-state index in [1.165, 1.54) is 147 Å². The average molecular weight is 1870 g/mol. The zero-order chi connectivity index (χ0) is 97.6. The number of para-hydroxylation sites is 3. The van der Waals surface area contributed by atoms with Gasteiger partial charge < -0.3 is 13.3 Å². The van der Waals surface area contributed by atoms with Crippen molar-refractivity contribution in [1.29, 1.82) is 0 Å². The molecule has 0 aliphatic carbocycles. The van der Waals surface area contributed by atoms with E-state index in [9.17, 15) is 10.1 Å². The Bertz CT molecular complexity index is 10500. The van der Waals surface area contributed by atoms with Crippen LogP contribution in [0.1, 0.15) is 5.56 Å². The Morgan fingerprint density at radius 2 is 0.381 bits per heavy atom. The van der Waals surface area contributed by atoms with Crippen LogP contribution in [0.2, 0.25) is 0 Å². The molecule has 0 radical (unpaired) electrons. The minimum absolute atomic E-state index is 0.132. The maximum absolute atomic E-state index is 12.3. The monoisotopic (exact) mass is 1870 g/mol. The summed E-state index contributed by atoms with van der Waals surface area (Å²) < 4.78 is 20.8. The van der Waals surface area contributed by atoms with E-state index in [0.29, 0.717) is 16.5 Å². The van der Waals surface area contributed by atoms with Gasteiger partial charge in [-0.3, -0.25) is 10.1 Å². The molecule has 3 heterocycles. The fourth-order valence-electron chi connectivity index (χ4n) is 24.3. The van der Waals surface area contributed by atoms with Crippen molar-refractivity contribution in [3.63, 3.8) is 0 Å². The van der Waals surface area contributed by atoms with Crippen LogP contribution >= 0.6 is 0 Å². The molecule has 30 rings (SSSR count). The number of non-ortho nitro benzene ring substituents is 1. The zero-order valence-electron chi connectivity index (χ0n) is 79.7. The molecule has 0 aliphatic rings. The van der Waals surface area contributed by atoms with Gasteiger partial charge >= 0.3 is 0 Å². The lowest BCUT2D eigenvalue weighted by Gasteiger charge is -2.17. The van der Waals surface area contributed by atoms with Crippen molar-refractivity contribution >= 4 is 206 Å². The van der Waals surface area contributed by atoms with Crippen LogP contribution in [0.3, 0.4) is 0 Å². The lowest BCUT2D eigenvalue weighted by Crippen LogP contribution is -1.94. The molecule has 3 aromatic heterocycles. The van der Waals surface area contributed by atoms with Crippen molar-refractivity contribution < 1.29 is 18.2 Å². The standard InChI is InChI=1S/C47H27NO.C47H30O.C46H27NO3/c1-48-46-38-22-11-9-20-36(38)44(37-21-10-12-23-39(37)46)30-26-27-31-40-24-13-25-41(47(40)49-42(31)28-30)45-34-18-7-5-16-32(34)43(29-14-3-2-4-15-29)33-17-6-8-19-35(33)45;1-29-32-16-5-7-18-35(32)45(36-19-8-6-17-33(29)36)31-26-27-34-41-24-13-25-42(47(41)48-43(34)28-31)46-39-22-11-9-20-37(39)44(30-14-3-2-4-15-30)38-21-10-12-23-40(38)46;48-47(49)45-37-21-10-8-19-35(37)43(36-20-9-11-22-38(36)45)29-25-26-30-39-23-12-24-40(46(39)50-41(30)27-29)44-33-17-6-4-15-31(33)42(28-13-2-1-3-14-28)32-16-5-7-18-34(32)44/h2-28H;2-28H,1H3;1-27H. The molecule has 27 aromatic carbocycles. The van der Waals surface area contributed by atoms with E-state index < -0.39 is 0 Å². The third-order valence-corrected chi connectivity index (χ3v) is 30.5. The molecule has 7 heteroatoms. The van der Waals surface area contributed by atoms with E-state index in [1.54, 1.807) is 0 Å². The second-order valence-corrected chi connectivity index (χ2v) is 38.2. The molecule has 7 nitrogen and oxygen atoms in total. The summed E-state index contributed by atoms with van der Waals surface area (Å²) in [7, 11) is 0. The molecule has 0 spiro atoms. The van der Waals surface area contributed by atoms with Gasteiger partial charge in [-0.25, -0.2) is 4.85 Å². The van der Waals surface area contributed by atoms with Crippen molar-refractivity contribution in [2.24, 2.45) is 0 Å². The van der Waals surface area contributed by atoms with Crippen LogP contribution in [0, 0.1) is 23.6 Å². The fourth-order valence-corrected chi connectivity index (χ4v) is 24.3. The van der Waals surface area contributed by atoms with Crippen LogP contribution in [0.15, 0.2) is 505 Å². The van der Waals surface area contributed by atoms with Crippen molar-refractivity contribution in [2.45, 2.75) is 6.92 Å². The largest absolute Gasteiger partial charge is 0.455 e. The lowest BCUT2D eigenvalue weighted by atomic mass is 9.85. The first-order valence-electron chi connectivity index (χ1n) is 49.9. The molecule has 147 heavy (non-hydrogen) atoms. The van der Waals surface area contributed by atoms with Crippen LogP contribution in [0.4, 0.5) is 11.4 Å². The second kappa shape index (κ2) is 34.7. The first-order chi connectivity index (χ1) is 72.7. The second-order valence-electron chi connectivity index (χ2n) is 38.2. The topological polar surface area (TPSA) is 86.9 Å². The maximum Gasteiger partial charge on any atom is 0.284 e. The lowest BCUT2D eigenvalue weighted by molar-refractivity contribution is -0.381. The highest BCUT2D eigenvalue weighted by atomic mass is 16.6. The zero-order valence-corrected chi connectivity index (χ0v) is 79.7. The highest BCUT2D eigenvalue weighted by Crippen LogP contribution is 2.55. The summed E-state index contributed by atoms with van der Waals surface area (Å²) >= 11 is 0. The van der Waals surface area contributed by atoms with Crippen molar-refractivity contribution in [3.8, 4) is 100 Å². The number of nitro benzene ring substituents is 1. The van der Waals surface area contributed by atoms with Gasteiger partial charge in [0, 0.05) is 65.7 Å². The van der Waals surface area contributed by atoms with Crippen LogP contribution in [-0.2, 0) is 0 Å². The molecule has 0 saturated carbocycles. The number of fused-ring (bicyclic) bond motifs is 21. The van der Waals surface area contributed by atoms with Gasteiger partial charge in [-0.05, 0) is 246 Å². The number of rotatable bonds is 10. The van der Waals surface area contributed by atoms with E-state index in [4.69, 9.17) is 19.8 Å². The molecule has 0 amide bonds. The predicted molar refractivity (Wildman–Crippen MR) is 618 cm³/mol. The van der Waals surface area contributed by atoms with Gasteiger partial charge in [-0.2, -0.15) is 0 Å². The van der Waals surface area contributed by atoms with Gasteiger partial charge in [-0.1, -0.05) is 443 Å². The number of hydrogen-bond acceptors (Lipinski definition) is 5. The van der Waals surface area contributed by atoms with Gasteiger partial charge in [-0.15, -0.1) is 0 Å². The summed E-state index contributed by atoms with van der Waals surface area (Å²) in [6, 6.07) is 173. The Balaban J connectivity index is 0.000000107. The number of hydrogen-bond donors (Lipinski definition) is 0. The highest BCUT2D eigenvalue weighted by molar-refractivity contribution is 6.31. The molecule has 0 N–H and O–H groups in total. The van der Waals surface area contributed by atoms with Gasteiger partial charge in [0.05, 0.1) is 22.3 Å². The molecule has 30 aromatic rings. The number of nitro groups is 1. The van der Waals surface area contributed by atoms with E-state index >= 15 is 0 Å². The number of furan rings is 3. The highest BCUT2D eigenvalue weighted by Gasteiger charge is 2.30. The molecule has 0 unspecified atom stereocenters. The quantitative estimate of drug-likeness (QED) is 0.0589. The molecule has 0 saturated heterocycles. The van der Waals surface area contributed by atoms with Gasteiger partial charge in [0.15, 0.2) is 0 Å². The normalized spacial score (nSPS) is 11.8. The summed E-state index contributed by atoms with van der Waals surface area (Å²) in [4.78, 5) is 16.1. The van der Waals surface area contributed by atoms with Gasteiger partial charge in [0.1, 0.15) is 33.5 Å². The fraction of sp³-hybridized carbons (Fsp3) is 0.00714. The molecular weight excluding hydrogens is 1790 g/mol. The summed E-state index contributed by atoms with van der Waals surface area (Å²) in [6.07, 6.45) is 0. The van der Waals surface area contributed by atoms with E-state index in [1.807, 2.05) is 60.7 Å². The molecule has 0 aliphatic heterocycles. The van der Waals surface area contributed by atoms with Crippen LogP contribution in [0.5, 0.6) is 0 Å². The molecular formula is C140H84N2O5. The van der Waals surface area contributed by atoms with Gasteiger partial charge in [0.2, 0.25) is 5.69 Å². The average Bonchev–Trinajstić information content (AvgIpc) is 1.69. The number of nitrogens with zero attached hydrogens (tertiary/aromatic N) is 2. The van der Waals surface area contributed by atoms with Crippen molar-refractivity contribution in [1.82, 2.24) is 0 Å². The Kier molecular flexibility index (Phi) is 20.1. The van der Waals surface area contributed by atoms with Crippen molar-refractivity contribution in [2.75, 3.05) is 0 Å². The smallest absolute Gasteiger partial charge is 0.284 e. The van der Waals surface area contributed by atoms with Crippen LogP contribution < -0.4 is 0 Å². The Morgan fingerprint density at radius 1 is 0.190 bits per heavy atom. The summed E-state index contributed by atoms with van der Waals surface area (Å²) in [5, 5.41) is 45.5. The SMILES string of the molecule is Cc1c2ccccc2c(-c2ccc3c(c2)oc2c(-c4c5ccccc5c(-c5ccccc5)c5ccccc45)cccc23)c2ccccc12.O=[N+]([O-])c1c2ccccc2c(-c2ccc3c(c2)oc2c(-c4c5ccccc5c(-c5ccccc5)c5ccccc45)cccc23)c2ccccc12.[C-]#[N+]c1c2ccccc2c(-c2ccc3c(c2)oc2c(-c4c5ccccc5c(-c5ccccc5)c5ccccc45)cccc23)c2ccccc12. The Hall–Kier alpha value is -19.7. The molecule has 684 valence electrons. The molecule has 0 fully saturated rings. The number of aryl methyl sites for hydroxylation is 1. The molecule has 0 bridgehead atoms. The first-order valence-corrected chi connectivity index (χ1v) is 49.9. The van der Waals surface area contributed by atoms with E-state index in [-0.39, 0.29) is 10.6 Å². The Labute approximate surface area is 844 Å². The summed E-state index contributed by atoms with van der Waals surface area (Å²) in [5.41, 5.74) is 28.0. The minimum atomic E-state index is -0.266. The van der Waals surface area contributed by atoms with Crippen LogP contribution in [-0.4, -0.2) is 4.92 Å². The van der Waals surface area contributed by atoms with Crippen LogP contribution in [0.25, 0.3) is 300 Å². The van der Waals surface area contributed by atoms with Crippen molar-refractivity contribution in [3.05, 3.63) is 518 Å². The summed E-state index contributed by atoms with van der Waals surface area (Å²) in [5.74, 6) is 0. The van der Waals surface area contributed by atoms with Gasteiger partial charge in [0.25, 0.3) is 5.69 Å². The third kappa shape index (κ3) is 13.6. The maximum atomic E-state index is 12.3.